The second-order valence-corrected chi connectivity index (χ2v) is 6.02. The Kier molecular flexibility index (Phi) is 3.85. The molecule has 1 fully saturated rings. The molecule has 2 heterocycles. The van der Waals surface area contributed by atoms with E-state index in [1.165, 1.54) is 6.26 Å². The highest BCUT2D eigenvalue weighted by Crippen LogP contribution is 2.27. The third kappa shape index (κ3) is 2.70. The number of carbonyl (C=O) groups excluding carboxylic acids is 2. The predicted molar refractivity (Wildman–Crippen MR) is 84.9 cm³/mol. The molecule has 1 saturated heterocycles. The quantitative estimate of drug-likeness (QED) is 0.895. The van der Waals surface area contributed by atoms with E-state index in [-0.39, 0.29) is 18.7 Å². The van der Waals surface area contributed by atoms with Gasteiger partial charge in [-0.2, -0.15) is 0 Å². The van der Waals surface area contributed by atoms with Crippen LogP contribution in [0.4, 0.5) is 0 Å². The van der Waals surface area contributed by atoms with E-state index in [1.807, 2.05) is 18.2 Å². The second kappa shape index (κ2) is 5.70. The molecule has 2 aromatic rings. The lowest BCUT2D eigenvalue weighted by Crippen LogP contribution is -2.53. The number of nitrogens with two attached hydrogens (primary N) is 1. The Labute approximate surface area is 133 Å². The average Bonchev–Trinajstić information content (AvgIpc) is 2.97. The van der Waals surface area contributed by atoms with Crippen molar-refractivity contribution < 1.29 is 19.1 Å². The van der Waals surface area contributed by atoms with E-state index in [9.17, 15) is 14.7 Å². The molecule has 0 saturated carbocycles. The summed E-state index contributed by atoms with van der Waals surface area (Å²) in [5, 5.41) is 10.9. The molecule has 0 spiro atoms. The minimum Gasteiger partial charge on any atom is -0.463 e. The van der Waals surface area contributed by atoms with Gasteiger partial charge in [0.15, 0.2) is 0 Å². The van der Waals surface area contributed by atoms with Crippen LogP contribution in [0.2, 0.25) is 0 Å². The van der Waals surface area contributed by atoms with E-state index in [0.717, 1.165) is 17.4 Å². The molecule has 1 aliphatic heterocycles. The fourth-order valence-electron chi connectivity index (χ4n) is 2.96. The van der Waals surface area contributed by atoms with Crippen LogP contribution >= 0.6 is 0 Å². The van der Waals surface area contributed by atoms with Crippen LogP contribution in [-0.4, -0.2) is 40.5 Å². The summed E-state index contributed by atoms with van der Waals surface area (Å²) >= 11 is 0. The Balaban J connectivity index is 1.83. The topological polar surface area (TPSA) is 96.8 Å². The van der Waals surface area contributed by atoms with Gasteiger partial charge in [-0.1, -0.05) is 13.0 Å². The summed E-state index contributed by atoms with van der Waals surface area (Å²) in [6, 6.07) is 5.82. The number of furan rings is 1. The molecule has 1 aliphatic rings. The van der Waals surface area contributed by atoms with E-state index in [1.54, 1.807) is 4.90 Å². The number of hydrogen-bond donors (Lipinski definition) is 2. The number of amides is 2. The molecule has 3 rings (SSSR count). The highest BCUT2D eigenvalue weighted by atomic mass is 16.3. The summed E-state index contributed by atoms with van der Waals surface area (Å²) in [6.45, 7) is 2.63. The molecule has 6 nitrogen and oxygen atoms in total. The third-order valence-corrected chi connectivity index (χ3v) is 4.61. The van der Waals surface area contributed by atoms with Crippen LogP contribution in [-0.2, 0) is 11.2 Å². The summed E-state index contributed by atoms with van der Waals surface area (Å²) in [7, 11) is 0. The van der Waals surface area contributed by atoms with Gasteiger partial charge in [-0.05, 0) is 24.1 Å². The monoisotopic (exact) mass is 316 g/mol. The van der Waals surface area contributed by atoms with Gasteiger partial charge in [-0.3, -0.25) is 9.59 Å². The van der Waals surface area contributed by atoms with E-state index in [0.29, 0.717) is 24.2 Å². The van der Waals surface area contributed by atoms with Crippen LogP contribution in [0.3, 0.4) is 0 Å². The Morgan fingerprint density at radius 2 is 2.04 bits per heavy atom. The van der Waals surface area contributed by atoms with Crippen molar-refractivity contribution in [2.75, 3.05) is 13.1 Å². The van der Waals surface area contributed by atoms with Gasteiger partial charge in [0.05, 0.1) is 5.56 Å². The van der Waals surface area contributed by atoms with Crippen LogP contribution in [0, 0.1) is 0 Å². The molecule has 0 unspecified atom stereocenters. The van der Waals surface area contributed by atoms with Crippen LogP contribution < -0.4 is 5.73 Å². The fraction of sp³-hybridized carbons (Fsp3) is 0.412. The van der Waals surface area contributed by atoms with Gasteiger partial charge in [0.25, 0.3) is 5.91 Å². The number of primary amides is 1. The molecule has 0 atom stereocenters. The smallest absolute Gasteiger partial charge is 0.257 e. The number of likely N-dealkylation sites (tertiary alicyclic amines) is 1. The summed E-state index contributed by atoms with van der Waals surface area (Å²) in [5.41, 5.74) is 6.03. The molecular formula is C17H20N2O4. The first kappa shape index (κ1) is 15.6. The molecule has 1 aromatic carbocycles. The minimum atomic E-state index is -1.51. The summed E-state index contributed by atoms with van der Waals surface area (Å²) in [5.74, 6) is -0.880. The van der Waals surface area contributed by atoms with Crippen molar-refractivity contribution in [1.82, 2.24) is 4.90 Å². The van der Waals surface area contributed by atoms with Crippen molar-refractivity contribution >= 4 is 22.8 Å². The fourth-order valence-corrected chi connectivity index (χ4v) is 2.96. The number of fused-ring (bicyclic) bond motifs is 1. The van der Waals surface area contributed by atoms with Crippen LogP contribution in [0.25, 0.3) is 11.0 Å². The molecule has 0 aliphatic carbocycles. The largest absolute Gasteiger partial charge is 0.463 e. The molecule has 6 heteroatoms. The maximum Gasteiger partial charge on any atom is 0.257 e. The minimum absolute atomic E-state index is 0.150. The van der Waals surface area contributed by atoms with Gasteiger partial charge in [-0.25, -0.2) is 0 Å². The Morgan fingerprint density at radius 1 is 1.35 bits per heavy atom. The van der Waals surface area contributed by atoms with Crippen LogP contribution in [0.5, 0.6) is 0 Å². The highest BCUT2D eigenvalue weighted by Gasteiger charge is 2.39. The van der Waals surface area contributed by atoms with Crippen molar-refractivity contribution in [2.24, 2.45) is 5.73 Å². The van der Waals surface area contributed by atoms with E-state index in [2.05, 4.69) is 6.92 Å². The molecule has 1 aromatic heterocycles. The Bertz CT molecular complexity index is 757. The normalized spacial score (nSPS) is 17.4. The first-order chi connectivity index (χ1) is 10.9. The Morgan fingerprint density at radius 3 is 2.65 bits per heavy atom. The number of benzene rings is 1. The standard InChI is InChI=1S/C17H20N2O4/c1-2-11-3-4-14-12(9-11)13(10-23-14)15(20)19-7-5-17(22,6-8-19)16(18)21/h3-4,9-10,22H,2,5-8H2,1H3,(H2,18,21). The highest BCUT2D eigenvalue weighted by molar-refractivity contribution is 6.06. The number of piperidine rings is 1. The van der Waals surface area contributed by atoms with Gasteiger partial charge in [0.1, 0.15) is 17.4 Å². The van der Waals surface area contributed by atoms with Gasteiger partial charge < -0.3 is 20.2 Å². The van der Waals surface area contributed by atoms with E-state index >= 15 is 0 Å². The third-order valence-electron chi connectivity index (χ3n) is 4.61. The molecule has 0 radical (unpaired) electrons. The molecular weight excluding hydrogens is 296 g/mol. The lowest BCUT2D eigenvalue weighted by molar-refractivity contribution is -0.140. The number of rotatable bonds is 3. The zero-order valence-electron chi connectivity index (χ0n) is 13.0. The number of nitrogens with zero attached hydrogens (tertiary/aromatic N) is 1. The van der Waals surface area contributed by atoms with Crippen LogP contribution in [0.1, 0.15) is 35.7 Å². The van der Waals surface area contributed by atoms with Crippen molar-refractivity contribution in [2.45, 2.75) is 31.8 Å². The summed E-state index contributed by atoms with van der Waals surface area (Å²) < 4.78 is 5.47. The molecule has 122 valence electrons. The van der Waals surface area contributed by atoms with Gasteiger partial charge in [-0.15, -0.1) is 0 Å². The maximum absolute atomic E-state index is 12.7. The lowest BCUT2D eigenvalue weighted by Gasteiger charge is -2.35. The maximum atomic E-state index is 12.7. The Hall–Kier alpha value is -2.34. The average molecular weight is 316 g/mol. The number of hydrogen-bond acceptors (Lipinski definition) is 4. The van der Waals surface area contributed by atoms with Crippen LogP contribution in [0.15, 0.2) is 28.9 Å². The second-order valence-electron chi connectivity index (χ2n) is 6.02. The molecule has 0 bridgehead atoms. The van der Waals surface area contributed by atoms with Crippen molar-refractivity contribution in [3.63, 3.8) is 0 Å². The van der Waals surface area contributed by atoms with Crippen molar-refractivity contribution in [3.05, 3.63) is 35.6 Å². The van der Waals surface area contributed by atoms with E-state index in [4.69, 9.17) is 10.2 Å². The zero-order valence-corrected chi connectivity index (χ0v) is 13.0. The SMILES string of the molecule is CCc1ccc2occ(C(=O)N3CCC(O)(C(N)=O)CC3)c2c1. The first-order valence-corrected chi connectivity index (χ1v) is 7.76. The predicted octanol–water partition coefficient (Wildman–Crippen LogP) is 1.45. The van der Waals surface area contributed by atoms with Gasteiger partial charge in [0, 0.05) is 31.3 Å². The summed E-state index contributed by atoms with van der Waals surface area (Å²) in [4.78, 5) is 25.6. The van der Waals surface area contributed by atoms with Crippen molar-refractivity contribution in [3.8, 4) is 0 Å². The number of aliphatic hydroxyl groups is 1. The number of aryl methyl sites for hydroxylation is 1. The van der Waals surface area contributed by atoms with E-state index < -0.39 is 11.5 Å². The van der Waals surface area contributed by atoms with Gasteiger partial charge >= 0.3 is 0 Å². The molecule has 2 amide bonds. The zero-order chi connectivity index (χ0) is 16.6. The molecule has 23 heavy (non-hydrogen) atoms. The van der Waals surface area contributed by atoms with Gasteiger partial charge in [0.2, 0.25) is 5.91 Å². The lowest BCUT2D eigenvalue weighted by atomic mass is 9.90. The van der Waals surface area contributed by atoms with Crippen molar-refractivity contribution in [1.29, 1.82) is 0 Å². The first-order valence-electron chi connectivity index (χ1n) is 7.76. The molecule has 3 N–H and O–H groups in total. The number of carbonyl (C=O) groups is 2. The summed E-state index contributed by atoms with van der Waals surface area (Å²) in [6.07, 6.45) is 2.67.